The Morgan fingerprint density at radius 2 is 1.83 bits per heavy atom. The third-order valence-corrected chi connectivity index (χ3v) is 7.16. The molecule has 0 unspecified atom stereocenters. The van der Waals surface area contributed by atoms with E-state index in [1.807, 2.05) is 24.3 Å². The van der Waals surface area contributed by atoms with E-state index in [-0.39, 0.29) is 11.3 Å². The highest BCUT2D eigenvalue weighted by atomic mass is 19.1. The fraction of sp³-hybridized carbons (Fsp3) is 0.259. The SMILES string of the molecule is O=C1CC2(CCN(c3nc(-c4cccnc4)nc4ccc(-c5ccc(F)cc5F)cc34)CC2)CN1. The first-order chi connectivity index (χ1) is 17.0. The summed E-state index contributed by atoms with van der Waals surface area (Å²) in [6.07, 6.45) is 5.77. The second-order valence-corrected chi connectivity index (χ2v) is 9.41. The van der Waals surface area contributed by atoms with Crippen molar-refractivity contribution in [1.29, 1.82) is 0 Å². The van der Waals surface area contributed by atoms with E-state index in [0.717, 1.165) is 60.8 Å². The Kier molecular flexibility index (Phi) is 5.16. The lowest BCUT2D eigenvalue weighted by Crippen LogP contribution is -2.41. The molecule has 4 aromatic rings. The minimum atomic E-state index is -0.614. The lowest BCUT2D eigenvalue weighted by atomic mass is 9.77. The summed E-state index contributed by atoms with van der Waals surface area (Å²) in [5.74, 6) is 0.233. The standard InChI is InChI=1S/C27H23F2N5O/c28-19-4-5-20(22(29)13-19)17-3-6-23-21(12-17)26(33-25(32-23)18-2-1-9-30-15-18)34-10-7-27(8-11-34)14-24(35)31-16-27/h1-6,9,12-13,15H,7-8,10-11,14,16H2,(H,31,35). The topological polar surface area (TPSA) is 71.0 Å². The maximum atomic E-state index is 14.6. The zero-order valence-corrected chi connectivity index (χ0v) is 19.0. The third-order valence-electron chi connectivity index (χ3n) is 7.16. The van der Waals surface area contributed by atoms with Gasteiger partial charge in [0.25, 0.3) is 0 Å². The first kappa shape index (κ1) is 21.6. The molecule has 176 valence electrons. The molecule has 2 saturated heterocycles. The van der Waals surface area contributed by atoms with E-state index in [4.69, 9.17) is 9.97 Å². The summed E-state index contributed by atoms with van der Waals surface area (Å²) in [6, 6.07) is 12.9. The number of pyridine rings is 1. The largest absolute Gasteiger partial charge is 0.356 e. The lowest BCUT2D eigenvalue weighted by molar-refractivity contribution is -0.119. The van der Waals surface area contributed by atoms with Crippen molar-refractivity contribution in [2.45, 2.75) is 19.3 Å². The highest BCUT2D eigenvalue weighted by molar-refractivity contribution is 5.94. The van der Waals surface area contributed by atoms with Crippen molar-refractivity contribution in [2.24, 2.45) is 5.41 Å². The van der Waals surface area contributed by atoms with Crippen molar-refractivity contribution in [1.82, 2.24) is 20.3 Å². The normalized spacial score (nSPS) is 17.2. The summed E-state index contributed by atoms with van der Waals surface area (Å²) in [5.41, 5.74) is 2.50. The molecule has 8 heteroatoms. The second kappa shape index (κ2) is 8.37. The number of fused-ring (bicyclic) bond motifs is 1. The number of rotatable bonds is 3. The Morgan fingerprint density at radius 1 is 0.971 bits per heavy atom. The second-order valence-electron chi connectivity index (χ2n) is 9.41. The number of nitrogens with one attached hydrogen (secondary N) is 1. The number of anilines is 1. The summed E-state index contributed by atoms with van der Waals surface area (Å²) in [5, 5.41) is 3.78. The third kappa shape index (κ3) is 3.99. The monoisotopic (exact) mass is 471 g/mol. The summed E-state index contributed by atoms with van der Waals surface area (Å²) < 4.78 is 28.0. The molecule has 1 N–H and O–H groups in total. The number of amides is 1. The van der Waals surface area contributed by atoms with Crippen molar-refractivity contribution < 1.29 is 13.6 Å². The van der Waals surface area contributed by atoms with Crippen LogP contribution in [0.15, 0.2) is 60.9 Å². The number of piperidine rings is 1. The van der Waals surface area contributed by atoms with Gasteiger partial charge in [-0.2, -0.15) is 0 Å². The quantitative estimate of drug-likeness (QED) is 0.467. The van der Waals surface area contributed by atoms with Gasteiger partial charge in [-0.25, -0.2) is 18.7 Å². The van der Waals surface area contributed by atoms with E-state index < -0.39 is 11.6 Å². The first-order valence-electron chi connectivity index (χ1n) is 11.7. The van der Waals surface area contributed by atoms with Crippen LogP contribution in [-0.4, -0.2) is 40.5 Å². The molecule has 2 aliphatic rings. The molecule has 0 saturated carbocycles. The number of halogens is 2. The van der Waals surface area contributed by atoms with E-state index in [1.165, 1.54) is 12.1 Å². The van der Waals surface area contributed by atoms with Crippen molar-refractivity contribution in [3.05, 3.63) is 72.6 Å². The van der Waals surface area contributed by atoms with Crippen LogP contribution in [0.3, 0.4) is 0 Å². The molecular formula is C27H23F2N5O. The molecule has 0 aliphatic carbocycles. The van der Waals surface area contributed by atoms with E-state index in [2.05, 4.69) is 15.2 Å². The minimum absolute atomic E-state index is 0.00496. The van der Waals surface area contributed by atoms with Gasteiger partial charge in [-0.3, -0.25) is 9.78 Å². The molecule has 2 aromatic heterocycles. The Labute approximate surface area is 201 Å². The van der Waals surface area contributed by atoms with Crippen LogP contribution in [0.5, 0.6) is 0 Å². The molecule has 2 aliphatic heterocycles. The number of hydrogen-bond donors (Lipinski definition) is 1. The van der Waals surface area contributed by atoms with Gasteiger partial charge < -0.3 is 10.2 Å². The first-order valence-corrected chi connectivity index (χ1v) is 11.7. The van der Waals surface area contributed by atoms with Crippen LogP contribution in [-0.2, 0) is 4.79 Å². The smallest absolute Gasteiger partial charge is 0.220 e. The van der Waals surface area contributed by atoms with Gasteiger partial charge in [0.15, 0.2) is 5.82 Å². The van der Waals surface area contributed by atoms with Gasteiger partial charge in [0.05, 0.1) is 5.52 Å². The predicted molar refractivity (Wildman–Crippen MR) is 130 cm³/mol. The maximum absolute atomic E-state index is 14.6. The van der Waals surface area contributed by atoms with Crippen molar-refractivity contribution in [2.75, 3.05) is 24.5 Å². The van der Waals surface area contributed by atoms with E-state index in [1.54, 1.807) is 18.5 Å². The highest BCUT2D eigenvalue weighted by Gasteiger charge is 2.41. The Bertz CT molecular complexity index is 1430. The summed E-state index contributed by atoms with van der Waals surface area (Å²) >= 11 is 0. The predicted octanol–water partition coefficient (Wildman–Crippen LogP) is 4.74. The summed E-state index contributed by atoms with van der Waals surface area (Å²) in [7, 11) is 0. The number of carbonyl (C=O) groups is 1. The van der Waals surface area contributed by atoms with Gasteiger partial charge >= 0.3 is 0 Å². The molecule has 1 amide bonds. The van der Waals surface area contributed by atoms with Gasteiger partial charge in [0, 0.05) is 61.0 Å². The van der Waals surface area contributed by atoms with Crippen LogP contribution in [0.25, 0.3) is 33.4 Å². The minimum Gasteiger partial charge on any atom is -0.356 e. The van der Waals surface area contributed by atoms with Crippen LogP contribution < -0.4 is 10.2 Å². The molecule has 6 rings (SSSR count). The highest BCUT2D eigenvalue weighted by Crippen LogP contribution is 2.40. The van der Waals surface area contributed by atoms with Crippen LogP contribution in [0.4, 0.5) is 14.6 Å². The van der Waals surface area contributed by atoms with E-state index in [0.29, 0.717) is 23.4 Å². The molecular weight excluding hydrogens is 448 g/mol. The van der Waals surface area contributed by atoms with Gasteiger partial charge in [-0.1, -0.05) is 6.07 Å². The maximum Gasteiger partial charge on any atom is 0.220 e. The average molecular weight is 472 g/mol. The molecule has 2 fully saturated rings. The average Bonchev–Trinajstić information content (AvgIpc) is 3.24. The van der Waals surface area contributed by atoms with Crippen LogP contribution in [0, 0.1) is 17.0 Å². The molecule has 6 nitrogen and oxygen atoms in total. The number of hydrogen-bond acceptors (Lipinski definition) is 5. The Balaban J connectivity index is 1.45. The lowest BCUT2D eigenvalue weighted by Gasteiger charge is -2.39. The zero-order chi connectivity index (χ0) is 24.0. The molecule has 0 radical (unpaired) electrons. The Hall–Kier alpha value is -3.94. The van der Waals surface area contributed by atoms with E-state index >= 15 is 0 Å². The van der Waals surface area contributed by atoms with Gasteiger partial charge in [0.2, 0.25) is 5.91 Å². The molecule has 1 spiro atoms. The molecule has 2 aromatic carbocycles. The zero-order valence-electron chi connectivity index (χ0n) is 19.0. The molecule has 4 heterocycles. The number of carbonyl (C=O) groups excluding carboxylic acids is 1. The van der Waals surface area contributed by atoms with Gasteiger partial charge in [0.1, 0.15) is 17.5 Å². The van der Waals surface area contributed by atoms with Crippen molar-refractivity contribution in [3.63, 3.8) is 0 Å². The van der Waals surface area contributed by atoms with Crippen LogP contribution in [0.2, 0.25) is 0 Å². The van der Waals surface area contributed by atoms with Gasteiger partial charge in [-0.15, -0.1) is 0 Å². The number of aromatic nitrogens is 3. The fourth-order valence-corrected chi connectivity index (χ4v) is 5.17. The van der Waals surface area contributed by atoms with Crippen LogP contribution >= 0.6 is 0 Å². The van der Waals surface area contributed by atoms with Crippen molar-refractivity contribution in [3.8, 4) is 22.5 Å². The molecule has 0 atom stereocenters. The van der Waals surface area contributed by atoms with Gasteiger partial charge in [-0.05, 0) is 60.2 Å². The van der Waals surface area contributed by atoms with Crippen molar-refractivity contribution >= 4 is 22.6 Å². The van der Waals surface area contributed by atoms with Crippen LogP contribution in [0.1, 0.15) is 19.3 Å². The molecule has 0 bridgehead atoms. The fourth-order valence-electron chi connectivity index (χ4n) is 5.17. The Morgan fingerprint density at radius 3 is 2.54 bits per heavy atom. The summed E-state index contributed by atoms with van der Waals surface area (Å²) in [6.45, 7) is 2.23. The number of nitrogens with zero attached hydrogens (tertiary/aromatic N) is 4. The number of benzene rings is 2. The van der Waals surface area contributed by atoms with E-state index in [9.17, 15) is 13.6 Å². The molecule has 35 heavy (non-hydrogen) atoms. The summed E-state index contributed by atoms with van der Waals surface area (Å²) in [4.78, 5) is 28.0.